The second kappa shape index (κ2) is 8.68. The van der Waals surface area contributed by atoms with Gasteiger partial charge in [-0.25, -0.2) is 24.3 Å². The van der Waals surface area contributed by atoms with E-state index in [4.69, 9.17) is 4.74 Å². The van der Waals surface area contributed by atoms with Crippen LogP contribution < -0.4 is 4.90 Å². The third-order valence-electron chi connectivity index (χ3n) is 6.11. The van der Waals surface area contributed by atoms with Gasteiger partial charge in [-0.05, 0) is 47.8 Å². The van der Waals surface area contributed by atoms with Crippen LogP contribution in [0.25, 0.3) is 32.4 Å². The zero-order chi connectivity index (χ0) is 23.1. The summed E-state index contributed by atoms with van der Waals surface area (Å²) in [5, 5.41) is 14.5. The van der Waals surface area contributed by atoms with Crippen molar-refractivity contribution in [2.75, 3.05) is 31.2 Å². The van der Waals surface area contributed by atoms with Gasteiger partial charge in [0.05, 0.1) is 30.1 Å². The molecule has 1 N–H and O–H groups in total. The molecule has 0 bridgehead atoms. The van der Waals surface area contributed by atoms with Gasteiger partial charge in [-0.1, -0.05) is 0 Å². The summed E-state index contributed by atoms with van der Waals surface area (Å²) < 4.78 is 20.3. The number of thiophene rings is 1. The van der Waals surface area contributed by atoms with E-state index < -0.39 is 11.9 Å². The van der Waals surface area contributed by atoms with Crippen molar-refractivity contribution in [2.45, 2.75) is 6.10 Å². The van der Waals surface area contributed by atoms with E-state index in [1.807, 2.05) is 29.6 Å². The monoisotopic (exact) mass is 473 g/mol. The minimum Gasteiger partial charge on any atom is -0.382 e. The van der Waals surface area contributed by atoms with Crippen LogP contribution in [0, 0.1) is 5.82 Å². The number of aliphatic hydroxyl groups excluding tert-OH is 1. The van der Waals surface area contributed by atoms with E-state index in [0.717, 1.165) is 34.5 Å². The Kier molecular flexibility index (Phi) is 5.37. The molecule has 1 atom stereocenters. The van der Waals surface area contributed by atoms with E-state index in [2.05, 4.69) is 24.8 Å². The van der Waals surface area contributed by atoms with Crippen LogP contribution in [0.3, 0.4) is 0 Å². The molecule has 1 unspecified atom stereocenters. The molecular weight excluding hydrogens is 453 g/mol. The first-order valence-electron chi connectivity index (χ1n) is 10.9. The lowest BCUT2D eigenvalue weighted by Crippen LogP contribution is -2.36. The molecule has 1 fully saturated rings. The first-order chi connectivity index (χ1) is 16.7. The van der Waals surface area contributed by atoms with Crippen molar-refractivity contribution in [3.63, 3.8) is 0 Å². The Bertz CT molecular complexity index is 1500. The summed E-state index contributed by atoms with van der Waals surface area (Å²) in [4.78, 5) is 20.4. The predicted molar refractivity (Wildman–Crippen MR) is 129 cm³/mol. The van der Waals surface area contributed by atoms with E-state index >= 15 is 0 Å². The summed E-state index contributed by atoms with van der Waals surface area (Å²) in [7, 11) is 0. The van der Waals surface area contributed by atoms with Crippen molar-refractivity contribution in [3.8, 4) is 11.3 Å². The highest BCUT2D eigenvalue weighted by Crippen LogP contribution is 2.34. The molecule has 7 nitrogen and oxygen atoms in total. The van der Waals surface area contributed by atoms with Gasteiger partial charge < -0.3 is 14.7 Å². The van der Waals surface area contributed by atoms with Crippen molar-refractivity contribution in [2.24, 2.45) is 0 Å². The average molecular weight is 474 g/mol. The largest absolute Gasteiger partial charge is 0.382 e. The highest BCUT2D eigenvalue weighted by Gasteiger charge is 2.21. The zero-order valence-corrected chi connectivity index (χ0v) is 18.9. The first-order valence-corrected chi connectivity index (χ1v) is 11.8. The molecule has 1 aliphatic heterocycles. The van der Waals surface area contributed by atoms with E-state index in [9.17, 15) is 9.50 Å². The lowest BCUT2D eigenvalue weighted by atomic mass is 9.98. The van der Waals surface area contributed by atoms with Crippen LogP contribution in [-0.4, -0.2) is 51.3 Å². The number of fused-ring (bicyclic) bond motifs is 2. The van der Waals surface area contributed by atoms with E-state index in [1.165, 1.54) is 30.1 Å². The van der Waals surface area contributed by atoms with E-state index in [1.54, 1.807) is 12.1 Å². The molecular formula is C25H20FN5O2S. The Balaban J connectivity index is 1.41. The van der Waals surface area contributed by atoms with Gasteiger partial charge >= 0.3 is 0 Å². The maximum absolute atomic E-state index is 14.9. The van der Waals surface area contributed by atoms with Crippen molar-refractivity contribution in [1.29, 1.82) is 0 Å². The number of aliphatic hydroxyl groups is 1. The normalized spacial score (nSPS) is 15.2. The molecule has 34 heavy (non-hydrogen) atoms. The minimum atomic E-state index is -1.24. The molecule has 0 saturated carbocycles. The Labute approximate surface area is 198 Å². The molecule has 9 heteroatoms. The Morgan fingerprint density at radius 2 is 1.79 bits per heavy atom. The van der Waals surface area contributed by atoms with Crippen LogP contribution in [0.4, 0.5) is 10.1 Å². The van der Waals surface area contributed by atoms with Gasteiger partial charge in [-0.3, -0.25) is 0 Å². The molecule has 5 aromatic rings. The van der Waals surface area contributed by atoms with Gasteiger partial charge in [0.1, 0.15) is 29.4 Å². The standard InChI is InChI=1S/C25H20FN5O2S/c26-20-4-1-15(11-19(20)24(32)23-18-5-10-34-25(18)30-14-29-23)22-17-3-2-16(12-21(17)27-13-28-22)31-6-8-33-9-7-31/h1-5,10-14,24,32H,6-9H2. The lowest BCUT2D eigenvalue weighted by molar-refractivity contribution is 0.122. The first kappa shape index (κ1) is 21.0. The van der Waals surface area contributed by atoms with Crippen LogP contribution in [0.2, 0.25) is 0 Å². The second-order valence-electron chi connectivity index (χ2n) is 8.06. The maximum atomic E-state index is 14.9. The highest BCUT2D eigenvalue weighted by atomic mass is 32.1. The van der Waals surface area contributed by atoms with Gasteiger partial charge in [0, 0.05) is 40.7 Å². The molecule has 0 radical (unpaired) electrons. The minimum absolute atomic E-state index is 0.139. The molecule has 1 aliphatic rings. The summed E-state index contributed by atoms with van der Waals surface area (Å²) in [6, 6.07) is 12.6. The van der Waals surface area contributed by atoms with Crippen LogP contribution in [0.1, 0.15) is 17.4 Å². The second-order valence-corrected chi connectivity index (χ2v) is 8.95. The molecule has 3 aromatic heterocycles. The Hall–Kier alpha value is -3.53. The van der Waals surface area contributed by atoms with Gasteiger partial charge in [-0.15, -0.1) is 11.3 Å². The fourth-order valence-corrected chi connectivity index (χ4v) is 5.11. The molecule has 0 spiro atoms. The van der Waals surface area contributed by atoms with E-state index in [0.29, 0.717) is 35.6 Å². The molecule has 4 heterocycles. The zero-order valence-electron chi connectivity index (χ0n) is 18.1. The van der Waals surface area contributed by atoms with Crippen LogP contribution in [-0.2, 0) is 4.74 Å². The van der Waals surface area contributed by atoms with Gasteiger partial charge in [0.25, 0.3) is 0 Å². The highest BCUT2D eigenvalue weighted by molar-refractivity contribution is 7.16. The van der Waals surface area contributed by atoms with Crippen molar-refractivity contribution < 1.29 is 14.2 Å². The number of halogens is 1. The number of anilines is 1. The SMILES string of the molecule is OC(c1cc(-c2ncnc3cc(N4CCOCC4)ccc23)ccc1F)c1ncnc2sccc12. The average Bonchev–Trinajstić information content (AvgIpc) is 3.38. The summed E-state index contributed by atoms with van der Waals surface area (Å²) >= 11 is 1.45. The summed E-state index contributed by atoms with van der Waals surface area (Å²) in [6.07, 6.45) is 1.67. The number of nitrogens with zero attached hydrogens (tertiary/aromatic N) is 5. The summed E-state index contributed by atoms with van der Waals surface area (Å²) in [5.74, 6) is -0.508. The number of morpholine rings is 1. The number of hydrogen-bond donors (Lipinski definition) is 1. The third-order valence-corrected chi connectivity index (χ3v) is 6.93. The smallest absolute Gasteiger partial charge is 0.129 e. The van der Waals surface area contributed by atoms with Gasteiger partial charge in [0.2, 0.25) is 0 Å². The van der Waals surface area contributed by atoms with Gasteiger partial charge in [0.15, 0.2) is 0 Å². The molecule has 0 amide bonds. The summed E-state index contributed by atoms with van der Waals surface area (Å²) in [6.45, 7) is 3.09. The molecule has 6 rings (SSSR count). The number of hydrogen-bond acceptors (Lipinski definition) is 8. The van der Waals surface area contributed by atoms with Crippen LogP contribution in [0.5, 0.6) is 0 Å². The Morgan fingerprint density at radius 1 is 0.941 bits per heavy atom. The fourth-order valence-electron chi connectivity index (χ4n) is 4.37. The number of ether oxygens (including phenoxy) is 1. The number of benzene rings is 2. The quantitative estimate of drug-likeness (QED) is 0.415. The fraction of sp³-hybridized carbons (Fsp3) is 0.200. The molecule has 2 aromatic carbocycles. The third kappa shape index (κ3) is 3.67. The van der Waals surface area contributed by atoms with Crippen LogP contribution in [0.15, 0.2) is 60.5 Å². The molecule has 1 saturated heterocycles. The van der Waals surface area contributed by atoms with Crippen molar-refractivity contribution >= 4 is 38.1 Å². The predicted octanol–water partition coefficient (Wildman–Crippen LogP) is 4.36. The van der Waals surface area contributed by atoms with Gasteiger partial charge in [-0.2, -0.15) is 0 Å². The van der Waals surface area contributed by atoms with Crippen molar-refractivity contribution in [1.82, 2.24) is 19.9 Å². The number of rotatable bonds is 4. The van der Waals surface area contributed by atoms with E-state index in [-0.39, 0.29) is 5.56 Å². The lowest BCUT2D eigenvalue weighted by Gasteiger charge is -2.29. The maximum Gasteiger partial charge on any atom is 0.129 e. The topological polar surface area (TPSA) is 84.3 Å². The number of aromatic nitrogens is 4. The Morgan fingerprint density at radius 3 is 2.68 bits per heavy atom. The van der Waals surface area contributed by atoms with Crippen molar-refractivity contribution in [3.05, 3.63) is 77.6 Å². The molecule has 0 aliphatic carbocycles. The van der Waals surface area contributed by atoms with Crippen LogP contribution >= 0.6 is 11.3 Å². The summed E-state index contributed by atoms with van der Waals surface area (Å²) in [5.41, 5.74) is 3.77. The molecule has 170 valence electrons.